The maximum Gasteiger partial charge on any atom is 0.183 e. The molecule has 8 heavy (non-hydrogen) atoms. The van der Waals surface area contributed by atoms with Gasteiger partial charge >= 0.3 is 0 Å². The van der Waals surface area contributed by atoms with Gasteiger partial charge in [-0.25, -0.2) is 0 Å². The number of rotatable bonds is 0. The number of halogens is 1. The minimum atomic E-state index is 0.135. The monoisotopic (exact) mass is 175 g/mol. The fourth-order valence-electron chi connectivity index (χ4n) is 0.546. The molecule has 0 aromatic rings. The van der Waals surface area contributed by atoms with Gasteiger partial charge in [-0.15, -0.1) is 0 Å². The van der Waals surface area contributed by atoms with Crippen LogP contribution in [-0.4, -0.2) is 18.9 Å². The highest BCUT2D eigenvalue weighted by Crippen LogP contribution is 2.06. The molecule has 3 heteroatoms. The van der Waals surface area contributed by atoms with Crippen molar-refractivity contribution >= 4 is 21.7 Å². The van der Waals surface area contributed by atoms with Gasteiger partial charge in [-0.05, 0) is 15.9 Å². The molecule has 0 atom stereocenters. The summed E-state index contributed by atoms with van der Waals surface area (Å²) in [6.07, 6.45) is 1.83. The van der Waals surface area contributed by atoms with Crippen molar-refractivity contribution in [2.45, 2.75) is 0 Å². The summed E-state index contributed by atoms with van der Waals surface area (Å²) in [5.74, 6) is 0.135. The molecule has 1 aliphatic heterocycles. The SMILES string of the molecule is O=C1CNCC=C1Br. The Bertz CT molecular complexity index is 141. The molecule has 0 saturated heterocycles. The number of Topliss-reactive ketones (excluding diaryl/α,β-unsaturated/α-hetero) is 1. The van der Waals surface area contributed by atoms with Crippen LogP contribution in [0.15, 0.2) is 10.6 Å². The van der Waals surface area contributed by atoms with Crippen molar-refractivity contribution in [3.05, 3.63) is 10.6 Å². The molecule has 0 bridgehead atoms. The molecule has 0 aromatic heterocycles. The van der Waals surface area contributed by atoms with Gasteiger partial charge in [-0.2, -0.15) is 0 Å². The Labute approximate surface area is 56.1 Å². The topological polar surface area (TPSA) is 29.1 Å². The van der Waals surface area contributed by atoms with E-state index in [1.807, 2.05) is 6.08 Å². The molecular weight excluding hydrogens is 170 g/mol. The second-order valence-electron chi connectivity index (χ2n) is 1.61. The van der Waals surface area contributed by atoms with E-state index in [0.29, 0.717) is 11.0 Å². The van der Waals surface area contributed by atoms with Crippen molar-refractivity contribution in [2.75, 3.05) is 13.1 Å². The number of ketones is 1. The summed E-state index contributed by atoms with van der Waals surface area (Å²) >= 11 is 3.13. The van der Waals surface area contributed by atoms with E-state index in [9.17, 15) is 4.79 Å². The molecule has 0 saturated carbocycles. The summed E-state index contributed by atoms with van der Waals surface area (Å²) in [5, 5.41) is 2.91. The molecule has 0 aliphatic carbocycles. The summed E-state index contributed by atoms with van der Waals surface area (Å²) in [6, 6.07) is 0. The van der Waals surface area contributed by atoms with Gasteiger partial charge in [0.25, 0.3) is 0 Å². The van der Waals surface area contributed by atoms with Gasteiger partial charge in [0.05, 0.1) is 11.0 Å². The van der Waals surface area contributed by atoms with E-state index in [4.69, 9.17) is 0 Å². The summed E-state index contributed by atoms with van der Waals surface area (Å²) < 4.78 is 0.705. The Balaban J connectivity index is 2.67. The van der Waals surface area contributed by atoms with Gasteiger partial charge < -0.3 is 5.32 Å². The van der Waals surface area contributed by atoms with E-state index in [0.717, 1.165) is 6.54 Å². The molecule has 1 N–H and O–H groups in total. The van der Waals surface area contributed by atoms with Crippen molar-refractivity contribution in [1.82, 2.24) is 5.32 Å². The summed E-state index contributed by atoms with van der Waals surface area (Å²) in [5.41, 5.74) is 0. The highest BCUT2D eigenvalue weighted by molar-refractivity contribution is 9.12. The van der Waals surface area contributed by atoms with Crippen LogP contribution in [-0.2, 0) is 4.79 Å². The third-order valence-corrected chi connectivity index (χ3v) is 1.74. The normalized spacial score (nSPS) is 20.6. The standard InChI is InChI=1S/C5H6BrNO/c6-4-1-2-7-3-5(4)8/h1,7H,2-3H2. The minimum absolute atomic E-state index is 0.135. The van der Waals surface area contributed by atoms with Crippen LogP contribution in [0.5, 0.6) is 0 Å². The van der Waals surface area contributed by atoms with E-state index in [2.05, 4.69) is 21.2 Å². The maximum atomic E-state index is 10.6. The Hall–Kier alpha value is -0.150. The highest BCUT2D eigenvalue weighted by atomic mass is 79.9. The number of hydrogen-bond acceptors (Lipinski definition) is 2. The highest BCUT2D eigenvalue weighted by Gasteiger charge is 2.07. The lowest BCUT2D eigenvalue weighted by atomic mass is 10.3. The lowest BCUT2D eigenvalue weighted by Gasteiger charge is -2.05. The predicted octanol–water partition coefficient (Wildman–Crippen LogP) is 0.438. The smallest absolute Gasteiger partial charge is 0.183 e. The first kappa shape index (κ1) is 5.98. The second-order valence-corrected chi connectivity index (χ2v) is 2.46. The lowest BCUT2D eigenvalue weighted by Crippen LogP contribution is -2.27. The zero-order chi connectivity index (χ0) is 5.98. The summed E-state index contributed by atoms with van der Waals surface area (Å²) in [7, 11) is 0. The first-order valence-corrected chi connectivity index (χ1v) is 3.19. The molecule has 0 amide bonds. The lowest BCUT2D eigenvalue weighted by molar-refractivity contribution is -0.114. The van der Waals surface area contributed by atoms with Crippen LogP contribution < -0.4 is 5.32 Å². The third kappa shape index (κ3) is 1.17. The van der Waals surface area contributed by atoms with Crippen molar-refractivity contribution in [2.24, 2.45) is 0 Å². The van der Waals surface area contributed by atoms with Gasteiger partial charge in [0, 0.05) is 6.54 Å². The molecule has 0 fully saturated rings. The fraction of sp³-hybridized carbons (Fsp3) is 0.400. The first-order chi connectivity index (χ1) is 3.80. The van der Waals surface area contributed by atoms with Crippen LogP contribution in [0.1, 0.15) is 0 Å². The second kappa shape index (κ2) is 2.42. The number of carbonyl (C=O) groups excluding carboxylic acids is 1. The molecule has 1 rings (SSSR count). The zero-order valence-electron chi connectivity index (χ0n) is 4.28. The minimum Gasteiger partial charge on any atom is -0.306 e. The number of hydrogen-bond donors (Lipinski definition) is 1. The van der Waals surface area contributed by atoms with Crippen LogP contribution in [0.4, 0.5) is 0 Å². The van der Waals surface area contributed by atoms with Crippen molar-refractivity contribution in [3.63, 3.8) is 0 Å². The Morgan fingerprint density at radius 2 is 2.50 bits per heavy atom. The average Bonchev–Trinajstić information content (AvgIpc) is 1.77. The Morgan fingerprint density at radius 3 is 2.88 bits per heavy atom. The zero-order valence-corrected chi connectivity index (χ0v) is 5.86. The van der Waals surface area contributed by atoms with E-state index in [1.54, 1.807) is 0 Å². The van der Waals surface area contributed by atoms with Gasteiger partial charge in [0.1, 0.15) is 0 Å². The molecule has 0 radical (unpaired) electrons. The van der Waals surface area contributed by atoms with Crippen molar-refractivity contribution < 1.29 is 4.79 Å². The van der Waals surface area contributed by atoms with Crippen LogP contribution in [0.2, 0.25) is 0 Å². The van der Waals surface area contributed by atoms with E-state index >= 15 is 0 Å². The molecule has 0 aromatic carbocycles. The molecule has 1 aliphatic rings. The molecular formula is C5H6BrNO. The van der Waals surface area contributed by atoms with Gasteiger partial charge in [-0.3, -0.25) is 4.79 Å². The molecule has 0 spiro atoms. The van der Waals surface area contributed by atoms with Crippen LogP contribution in [0.3, 0.4) is 0 Å². The van der Waals surface area contributed by atoms with Crippen LogP contribution in [0.25, 0.3) is 0 Å². The maximum absolute atomic E-state index is 10.6. The predicted molar refractivity (Wildman–Crippen MR) is 34.9 cm³/mol. The molecule has 44 valence electrons. The molecule has 0 unspecified atom stereocenters. The van der Waals surface area contributed by atoms with Gasteiger partial charge in [-0.1, -0.05) is 6.08 Å². The average molecular weight is 176 g/mol. The Morgan fingerprint density at radius 1 is 1.75 bits per heavy atom. The van der Waals surface area contributed by atoms with Gasteiger partial charge in [0.2, 0.25) is 0 Å². The van der Waals surface area contributed by atoms with E-state index in [1.165, 1.54) is 0 Å². The first-order valence-electron chi connectivity index (χ1n) is 2.40. The largest absolute Gasteiger partial charge is 0.306 e. The van der Waals surface area contributed by atoms with Gasteiger partial charge in [0.15, 0.2) is 5.78 Å². The fourth-order valence-corrected chi connectivity index (χ4v) is 0.848. The Kier molecular flexibility index (Phi) is 1.81. The number of nitrogens with one attached hydrogen (secondary N) is 1. The summed E-state index contributed by atoms with van der Waals surface area (Å²) in [6.45, 7) is 1.27. The van der Waals surface area contributed by atoms with Crippen molar-refractivity contribution in [1.29, 1.82) is 0 Å². The van der Waals surface area contributed by atoms with E-state index in [-0.39, 0.29) is 5.78 Å². The molecule has 2 nitrogen and oxygen atoms in total. The quantitative estimate of drug-likeness (QED) is 0.580. The van der Waals surface area contributed by atoms with Crippen LogP contribution in [0, 0.1) is 0 Å². The number of carbonyl (C=O) groups is 1. The van der Waals surface area contributed by atoms with E-state index < -0.39 is 0 Å². The van der Waals surface area contributed by atoms with Crippen LogP contribution >= 0.6 is 15.9 Å². The molecule has 1 heterocycles. The van der Waals surface area contributed by atoms with Crippen molar-refractivity contribution in [3.8, 4) is 0 Å². The summed E-state index contributed by atoms with van der Waals surface area (Å²) in [4.78, 5) is 10.6. The third-order valence-electron chi connectivity index (χ3n) is 0.978.